The molecular formula is C25H50Cl2N4O4S. The molecule has 6 unspecified atom stereocenters. The van der Waals surface area contributed by atoms with Crippen LogP contribution in [0.2, 0.25) is 0 Å². The summed E-state index contributed by atoms with van der Waals surface area (Å²) in [6.07, 6.45) is 10.0. The molecular weight excluding hydrogens is 523 g/mol. The minimum atomic E-state index is -4.45. The largest absolute Gasteiger partial charge is 0.397 e. The zero-order chi connectivity index (χ0) is 26.4. The van der Waals surface area contributed by atoms with Gasteiger partial charge in [0.05, 0.1) is 11.5 Å². The van der Waals surface area contributed by atoms with Crippen molar-refractivity contribution in [1.29, 1.82) is 0 Å². The molecule has 2 heterocycles. The van der Waals surface area contributed by atoms with E-state index in [4.69, 9.17) is 27.4 Å². The molecule has 0 aromatic heterocycles. The van der Waals surface area contributed by atoms with Crippen LogP contribution in [-0.2, 0) is 14.6 Å². The summed E-state index contributed by atoms with van der Waals surface area (Å²) < 4.78 is 37.0. The summed E-state index contributed by atoms with van der Waals surface area (Å²) in [5.74, 6) is 0. The summed E-state index contributed by atoms with van der Waals surface area (Å²) in [5, 5.41) is 3.20. The van der Waals surface area contributed by atoms with E-state index in [0.29, 0.717) is 12.8 Å². The highest BCUT2D eigenvalue weighted by atomic mass is 35.5. The predicted octanol–water partition coefficient (Wildman–Crippen LogP) is 4.18. The van der Waals surface area contributed by atoms with Crippen LogP contribution in [0.4, 0.5) is 0 Å². The van der Waals surface area contributed by atoms with Gasteiger partial charge >= 0.3 is 10.4 Å². The summed E-state index contributed by atoms with van der Waals surface area (Å²) in [7, 11) is -2.26. The lowest BCUT2D eigenvalue weighted by Crippen LogP contribution is -2.55. The van der Waals surface area contributed by atoms with Gasteiger partial charge in [0.25, 0.3) is 0 Å². The maximum Gasteiger partial charge on any atom is 0.397 e. The van der Waals surface area contributed by atoms with Crippen LogP contribution in [0, 0.1) is 0 Å². The summed E-state index contributed by atoms with van der Waals surface area (Å²) >= 11 is 13.7. The molecule has 0 aromatic rings. The van der Waals surface area contributed by atoms with E-state index < -0.39 is 16.5 Å². The Morgan fingerprint density at radius 1 is 0.944 bits per heavy atom. The lowest BCUT2D eigenvalue weighted by atomic mass is 9.99. The van der Waals surface area contributed by atoms with E-state index in [1.165, 1.54) is 12.8 Å². The van der Waals surface area contributed by atoms with Crippen molar-refractivity contribution in [2.24, 2.45) is 0 Å². The minimum Gasteiger partial charge on any atom is -0.305 e. The van der Waals surface area contributed by atoms with Gasteiger partial charge in [-0.05, 0) is 45.8 Å². The predicted molar refractivity (Wildman–Crippen MR) is 149 cm³/mol. The molecule has 2 fully saturated rings. The van der Waals surface area contributed by atoms with Crippen LogP contribution in [0.25, 0.3) is 0 Å². The van der Waals surface area contributed by atoms with Crippen LogP contribution in [0.3, 0.4) is 0 Å². The van der Waals surface area contributed by atoms with Crippen LogP contribution >= 0.6 is 23.2 Å². The molecule has 2 bridgehead atoms. The summed E-state index contributed by atoms with van der Waals surface area (Å²) in [4.78, 5) is 7.43. The van der Waals surface area contributed by atoms with Crippen molar-refractivity contribution in [3.8, 4) is 0 Å². The fourth-order valence-electron chi connectivity index (χ4n) is 5.35. The molecule has 0 aromatic carbocycles. The van der Waals surface area contributed by atoms with Gasteiger partial charge in [0.1, 0.15) is 5.50 Å². The number of hydrogen-bond acceptors (Lipinski definition) is 7. The maximum atomic E-state index is 11.4. The number of rotatable bonds is 13. The van der Waals surface area contributed by atoms with Gasteiger partial charge in [-0.15, -0.1) is 23.2 Å². The minimum absolute atomic E-state index is 0.129. The second-order valence-electron chi connectivity index (χ2n) is 10.5. The van der Waals surface area contributed by atoms with Gasteiger partial charge in [-0.2, -0.15) is 8.42 Å². The zero-order valence-corrected chi connectivity index (χ0v) is 24.8. The third kappa shape index (κ3) is 13.4. The Bertz CT molecular complexity index is 691. The van der Waals surface area contributed by atoms with Crippen LogP contribution in [0.15, 0.2) is 0 Å². The topological polar surface area (TPSA) is 85.4 Å². The van der Waals surface area contributed by atoms with Crippen molar-refractivity contribution < 1.29 is 17.2 Å². The van der Waals surface area contributed by atoms with Crippen molar-refractivity contribution in [3.63, 3.8) is 0 Å². The highest BCUT2D eigenvalue weighted by Gasteiger charge is 2.32. The SMILES string of the molecule is CCCCCCCC(CCCCC1C(Cl)C(Cl)NCCN2CCCN(C)CCN1CC2)OS(=O)(=O)O. The Hall–Kier alpha value is 0.290. The highest BCUT2D eigenvalue weighted by molar-refractivity contribution is 7.80. The molecule has 214 valence electrons. The second-order valence-corrected chi connectivity index (χ2v) is 12.6. The fraction of sp³-hybridized carbons (Fsp3) is 1.00. The Kier molecular flexibility index (Phi) is 16.1. The highest BCUT2D eigenvalue weighted by Crippen LogP contribution is 2.25. The fourth-order valence-corrected chi connectivity index (χ4v) is 6.54. The normalized spacial score (nSPS) is 30.2. The van der Waals surface area contributed by atoms with Gasteiger partial charge in [-0.3, -0.25) is 14.8 Å². The molecule has 11 heteroatoms. The van der Waals surface area contributed by atoms with E-state index in [0.717, 1.165) is 97.3 Å². The Morgan fingerprint density at radius 3 is 2.36 bits per heavy atom. The molecule has 2 N–H and O–H groups in total. The first-order valence-electron chi connectivity index (χ1n) is 14.0. The molecule has 36 heavy (non-hydrogen) atoms. The van der Waals surface area contributed by atoms with Crippen LogP contribution in [0.1, 0.15) is 77.6 Å². The lowest BCUT2D eigenvalue weighted by Gasteiger charge is -2.40. The number of alkyl halides is 2. The first-order valence-corrected chi connectivity index (χ1v) is 16.3. The Labute approximate surface area is 230 Å². The van der Waals surface area contributed by atoms with Crippen molar-refractivity contribution in [2.75, 3.05) is 59.4 Å². The Morgan fingerprint density at radius 2 is 1.64 bits per heavy atom. The van der Waals surface area contributed by atoms with Crippen molar-refractivity contribution >= 4 is 33.6 Å². The van der Waals surface area contributed by atoms with Crippen LogP contribution < -0.4 is 5.32 Å². The molecule has 0 saturated carbocycles. The first-order chi connectivity index (χ1) is 17.2. The molecule has 0 aliphatic carbocycles. The number of likely N-dealkylation sites (N-methyl/N-ethyl adjacent to an activating group) is 1. The Balaban J connectivity index is 1.96. The maximum absolute atomic E-state index is 11.4. The third-order valence-electron chi connectivity index (χ3n) is 7.53. The van der Waals surface area contributed by atoms with Gasteiger partial charge in [-0.25, -0.2) is 4.18 Å². The van der Waals surface area contributed by atoms with Gasteiger partial charge in [0.15, 0.2) is 0 Å². The van der Waals surface area contributed by atoms with Gasteiger partial charge in [0, 0.05) is 45.3 Å². The summed E-state index contributed by atoms with van der Waals surface area (Å²) in [6.45, 7) is 10.1. The van der Waals surface area contributed by atoms with Gasteiger partial charge < -0.3 is 9.80 Å². The molecule has 6 atom stereocenters. The van der Waals surface area contributed by atoms with Crippen molar-refractivity contribution in [2.45, 2.75) is 101 Å². The van der Waals surface area contributed by atoms with Crippen molar-refractivity contribution in [1.82, 2.24) is 20.0 Å². The van der Waals surface area contributed by atoms with Gasteiger partial charge in [0.2, 0.25) is 0 Å². The average molecular weight is 574 g/mol. The van der Waals surface area contributed by atoms with E-state index in [9.17, 15) is 13.0 Å². The lowest BCUT2D eigenvalue weighted by molar-refractivity contribution is 0.109. The first kappa shape index (κ1) is 32.5. The summed E-state index contributed by atoms with van der Waals surface area (Å²) in [6, 6.07) is 0.129. The number of nitrogens with zero attached hydrogens (tertiary/aromatic N) is 3. The van der Waals surface area contributed by atoms with E-state index in [-0.39, 0.29) is 16.9 Å². The molecule has 2 aliphatic rings. The number of halogens is 2. The van der Waals surface area contributed by atoms with E-state index in [2.05, 4.69) is 34.0 Å². The summed E-state index contributed by atoms with van der Waals surface area (Å²) in [5.41, 5.74) is -0.307. The molecule has 0 amide bonds. The second kappa shape index (κ2) is 17.8. The van der Waals surface area contributed by atoms with Gasteiger partial charge in [-0.1, -0.05) is 51.9 Å². The number of hydrogen-bond donors (Lipinski definition) is 2. The molecule has 2 aliphatic heterocycles. The standard InChI is InChI=1S/C25H50Cl2N4O4S/c1-3-4-5-6-7-11-22(35-36(32,33)34)12-8-9-13-23-24(26)25(27)28-14-17-30-16-10-15-29(2)18-20-31(23)21-19-30/h22-25,28H,3-21H2,1-2H3,(H,32,33,34). The molecule has 8 nitrogen and oxygen atoms in total. The number of unbranched alkanes of at least 4 members (excludes halogenated alkanes) is 5. The third-order valence-corrected chi connectivity index (χ3v) is 9.15. The zero-order valence-electron chi connectivity index (χ0n) is 22.4. The van der Waals surface area contributed by atoms with Crippen LogP contribution in [-0.4, -0.2) is 110 Å². The van der Waals surface area contributed by atoms with Crippen LogP contribution in [0.5, 0.6) is 0 Å². The van der Waals surface area contributed by atoms with Crippen molar-refractivity contribution in [3.05, 3.63) is 0 Å². The van der Waals surface area contributed by atoms with E-state index in [1.807, 2.05) is 0 Å². The number of fused-ring (bicyclic) bond motifs is 3. The van der Waals surface area contributed by atoms with E-state index in [1.54, 1.807) is 0 Å². The molecule has 2 saturated heterocycles. The molecule has 2 rings (SSSR count). The monoisotopic (exact) mass is 572 g/mol. The molecule has 0 radical (unpaired) electrons. The quantitative estimate of drug-likeness (QED) is 0.147. The smallest absolute Gasteiger partial charge is 0.305 e. The molecule has 0 spiro atoms. The number of nitrogens with one attached hydrogen (secondary N) is 1. The van der Waals surface area contributed by atoms with E-state index >= 15 is 0 Å². The average Bonchev–Trinajstić information content (AvgIpc) is 2.82.